The maximum atomic E-state index is 5.76. The third kappa shape index (κ3) is 6.07. The van der Waals surface area contributed by atoms with Crippen molar-refractivity contribution in [3.8, 4) is 67.9 Å². The van der Waals surface area contributed by atoms with Crippen molar-refractivity contribution in [1.29, 1.82) is 0 Å². The van der Waals surface area contributed by atoms with Gasteiger partial charge in [0.25, 0.3) is 0 Å². The van der Waals surface area contributed by atoms with Crippen LogP contribution in [-0.2, 0) is 0 Å². The van der Waals surface area contributed by atoms with Gasteiger partial charge in [-0.3, -0.25) is 0 Å². The highest BCUT2D eigenvalue weighted by Gasteiger charge is 2.19. The largest absolute Gasteiger partial charge is 0.493 e. The Morgan fingerprint density at radius 1 is 0.370 bits per heavy atom. The van der Waals surface area contributed by atoms with Gasteiger partial charge in [0.05, 0.1) is 65.4 Å². The van der Waals surface area contributed by atoms with Crippen LogP contribution in [0, 0.1) is 0 Å². The predicted molar refractivity (Wildman–Crippen MR) is 214 cm³/mol. The first kappa shape index (κ1) is 34.2. The summed E-state index contributed by atoms with van der Waals surface area (Å²) in [5, 5.41) is 0. The Morgan fingerprint density at radius 2 is 0.759 bits per heavy atom. The van der Waals surface area contributed by atoms with Gasteiger partial charge in [-0.1, -0.05) is 18.2 Å². The molecule has 5 heterocycles. The summed E-state index contributed by atoms with van der Waals surface area (Å²) < 4.78 is 33.9. The van der Waals surface area contributed by atoms with Crippen molar-refractivity contribution in [2.45, 2.75) is 0 Å². The maximum absolute atomic E-state index is 5.76. The number of methoxy groups -OCH3 is 6. The standard InChI is InChI=1S/C44H38N4O6/c1-49-36-18-7-25(21-39(36)52-4)42-30-12-10-28(45-30)24-29-11-13-31(46-29)43(26-8-19-37(50-2)40(22-26)53-5)33-15-17-35(48-33)44(34-16-14-32(42)47-34)27-9-20-38(51-3)41(23-27)54-6/h7-24,45,48H,1-6H3. The molecule has 0 aliphatic carbocycles. The van der Waals surface area contributed by atoms with Crippen LogP contribution < -0.4 is 28.4 Å². The molecule has 10 nitrogen and oxygen atoms in total. The van der Waals surface area contributed by atoms with Gasteiger partial charge in [-0.2, -0.15) is 0 Å². The summed E-state index contributed by atoms with van der Waals surface area (Å²) in [6.45, 7) is 0. The molecule has 2 aliphatic heterocycles. The number of hydrogen-bond acceptors (Lipinski definition) is 8. The lowest BCUT2D eigenvalue weighted by Crippen LogP contribution is -1.93. The van der Waals surface area contributed by atoms with Gasteiger partial charge in [0, 0.05) is 38.8 Å². The molecule has 0 amide bonds. The molecule has 2 N–H and O–H groups in total. The first-order chi connectivity index (χ1) is 26.4. The number of aromatic amines is 2. The lowest BCUT2D eigenvalue weighted by molar-refractivity contribution is 0.355. The topological polar surface area (TPSA) is 113 Å². The van der Waals surface area contributed by atoms with E-state index in [2.05, 4.69) is 28.2 Å². The van der Waals surface area contributed by atoms with E-state index in [0.717, 1.165) is 78.2 Å². The molecule has 0 atom stereocenters. The van der Waals surface area contributed by atoms with E-state index in [1.807, 2.05) is 91.0 Å². The molecule has 0 spiro atoms. The minimum absolute atomic E-state index is 0.604. The molecule has 0 radical (unpaired) electrons. The highest BCUT2D eigenvalue weighted by Crippen LogP contribution is 2.41. The SMILES string of the molecule is COc1ccc(-c2c3nc(c(-c4ccc(OC)c(OC)c4)c4ccc([nH]4)c(-c4ccc(OC)c(OC)c4)c4nc(cc5ccc2[nH]5)C=C4)C=C3)cc1OC. The Kier molecular flexibility index (Phi) is 9.00. The summed E-state index contributed by atoms with van der Waals surface area (Å²) in [6, 6.07) is 27.9. The van der Waals surface area contributed by atoms with E-state index < -0.39 is 0 Å². The van der Waals surface area contributed by atoms with E-state index in [-0.39, 0.29) is 0 Å². The molecular formula is C44H38N4O6. The molecule has 0 saturated heterocycles. The van der Waals surface area contributed by atoms with Crippen LogP contribution in [0.1, 0.15) is 22.8 Å². The highest BCUT2D eigenvalue weighted by molar-refractivity contribution is 5.98. The van der Waals surface area contributed by atoms with Crippen molar-refractivity contribution >= 4 is 46.4 Å². The maximum Gasteiger partial charge on any atom is 0.161 e. The van der Waals surface area contributed by atoms with Crippen LogP contribution >= 0.6 is 0 Å². The van der Waals surface area contributed by atoms with Crippen molar-refractivity contribution in [3.05, 3.63) is 108 Å². The van der Waals surface area contributed by atoms with Crippen molar-refractivity contribution in [3.63, 3.8) is 0 Å². The minimum Gasteiger partial charge on any atom is -0.493 e. The second-order valence-electron chi connectivity index (χ2n) is 12.6. The number of H-pyrrole nitrogens is 2. The Balaban J connectivity index is 1.51. The summed E-state index contributed by atoms with van der Waals surface area (Å²) in [5.41, 5.74) is 12.0. The van der Waals surface area contributed by atoms with E-state index in [1.54, 1.807) is 42.7 Å². The average Bonchev–Trinajstić information content (AvgIpc) is 4.05. The molecule has 0 unspecified atom stereocenters. The van der Waals surface area contributed by atoms with Gasteiger partial charge < -0.3 is 38.4 Å². The number of aromatic nitrogens is 4. The smallest absolute Gasteiger partial charge is 0.161 e. The molecular weight excluding hydrogens is 681 g/mol. The van der Waals surface area contributed by atoms with Crippen LogP contribution in [0.3, 0.4) is 0 Å². The molecule has 2 aliphatic rings. The zero-order valence-electron chi connectivity index (χ0n) is 30.7. The van der Waals surface area contributed by atoms with Gasteiger partial charge in [-0.15, -0.1) is 0 Å². The van der Waals surface area contributed by atoms with E-state index in [1.165, 1.54) is 0 Å². The van der Waals surface area contributed by atoms with Crippen molar-refractivity contribution < 1.29 is 28.4 Å². The van der Waals surface area contributed by atoms with Gasteiger partial charge in [-0.25, -0.2) is 9.97 Å². The molecule has 10 heteroatoms. The van der Waals surface area contributed by atoms with Crippen LogP contribution in [-0.4, -0.2) is 62.6 Å². The van der Waals surface area contributed by atoms with Gasteiger partial charge in [0.2, 0.25) is 0 Å². The molecule has 0 fully saturated rings. The second-order valence-corrected chi connectivity index (χ2v) is 12.6. The van der Waals surface area contributed by atoms with Crippen molar-refractivity contribution in [2.24, 2.45) is 0 Å². The van der Waals surface area contributed by atoms with Crippen molar-refractivity contribution in [1.82, 2.24) is 19.9 Å². The number of benzene rings is 3. The Morgan fingerprint density at radius 3 is 1.20 bits per heavy atom. The summed E-state index contributed by atoms with van der Waals surface area (Å²) in [7, 11) is 9.79. The third-order valence-corrected chi connectivity index (χ3v) is 9.59. The number of fused-ring (bicyclic) bond motifs is 8. The second kappa shape index (κ2) is 14.2. The first-order valence-electron chi connectivity index (χ1n) is 17.3. The Labute approximate surface area is 312 Å². The van der Waals surface area contributed by atoms with Gasteiger partial charge in [0.15, 0.2) is 34.5 Å². The van der Waals surface area contributed by atoms with Crippen LogP contribution in [0.15, 0.2) is 84.9 Å². The monoisotopic (exact) mass is 718 g/mol. The molecule has 8 bridgehead atoms. The van der Waals surface area contributed by atoms with E-state index in [4.69, 9.17) is 38.4 Å². The number of nitrogens with zero attached hydrogens (tertiary/aromatic N) is 2. The van der Waals surface area contributed by atoms with Crippen molar-refractivity contribution in [2.75, 3.05) is 42.7 Å². The lowest BCUT2D eigenvalue weighted by atomic mass is 10.0. The summed E-state index contributed by atoms with van der Waals surface area (Å²) in [5.74, 6) is 3.75. The van der Waals surface area contributed by atoms with Crippen LogP contribution in [0.4, 0.5) is 0 Å². The number of nitrogens with one attached hydrogen (secondary N) is 2. The Bertz CT molecular complexity index is 2600. The molecule has 8 rings (SSSR count). The van der Waals surface area contributed by atoms with E-state index >= 15 is 0 Å². The van der Waals surface area contributed by atoms with Crippen LogP contribution in [0.25, 0.3) is 79.8 Å². The molecule has 6 aromatic rings. The van der Waals surface area contributed by atoms with Gasteiger partial charge in [0.1, 0.15) is 0 Å². The number of rotatable bonds is 9. The Hall–Kier alpha value is -6.94. The zero-order chi connectivity index (χ0) is 37.3. The fourth-order valence-corrected chi connectivity index (χ4v) is 7.03. The average molecular weight is 719 g/mol. The molecule has 0 saturated carbocycles. The normalized spacial score (nSPS) is 11.7. The fraction of sp³-hybridized carbons (Fsp3) is 0.136. The summed E-state index contributed by atoms with van der Waals surface area (Å²) in [6.07, 6.45) is 8.13. The van der Waals surface area contributed by atoms with E-state index in [0.29, 0.717) is 34.5 Å². The molecule has 270 valence electrons. The quantitative estimate of drug-likeness (QED) is 0.152. The number of hydrogen-bond donors (Lipinski definition) is 2. The molecule has 3 aromatic heterocycles. The highest BCUT2D eigenvalue weighted by atomic mass is 16.5. The number of ether oxygens (including phenoxy) is 6. The summed E-state index contributed by atoms with van der Waals surface area (Å²) in [4.78, 5) is 17.8. The van der Waals surface area contributed by atoms with E-state index in [9.17, 15) is 0 Å². The summed E-state index contributed by atoms with van der Waals surface area (Å²) >= 11 is 0. The predicted octanol–water partition coefficient (Wildman–Crippen LogP) is 9.71. The first-order valence-corrected chi connectivity index (χ1v) is 17.3. The van der Waals surface area contributed by atoms with Gasteiger partial charge >= 0.3 is 0 Å². The van der Waals surface area contributed by atoms with Gasteiger partial charge in [-0.05, 0) is 108 Å². The molecule has 54 heavy (non-hydrogen) atoms. The zero-order valence-corrected chi connectivity index (χ0v) is 30.7. The van der Waals surface area contributed by atoms with Crippen LogP contribution in [0.5, 0.6) is 34.5 Å². The van der Waals surface area contributed by atoms with Crippen LogP contribution in [0.2, 0.25) is 0 Å². The molecule has 3 aromatic carbocycles. The minimum atomic E-state index is 0.604. The fourth-order valence-electron chi connectivity index (χ4n) is 7.03. The third-order valence-electron chi connectivity index (χ3n) is 9.59. The lowest BCUT2D eigenvalue weighted by Gasteiger charge is -2.11.